The maximum absolute atomic E-state index is 13.2. The second-order valence-corrected chi connectivity index (χ2v) is 44.2. The monoisotopic (exact) mass is 2510 g/mol. The third kappa shape index (κ3) is 51.4. The molecular weight excluding hydrogens is 2380 g/mol. The number of carboxylic acid groups (broad SMARTS) is 1. The number of anilines is 4. The Labute approximate surface area is 914 Å². The van der Waals surface area contributed by atoms with E-state index in [0.717, 1.165) is 82.7 Å². The summed E-state index contributed by atoms with van der Waals surface area (Å²) >= 11 is 16.4. The van der Waals surface area contributed by atoms with Crippen molar-refractivity contribution in [2.75, 3.05) is 22.9 Å². The Kier molecular flexibility index (Phi) is 58.3. The van der Waals surface area contributed by atoms with Crippen molar-refractivity contribution in [3.05, 3.63) is 252 Å². The number of rotatable bonds is 16. The third-order valence-corrected chi connectivity index (χ3v) is 23.8. The van der Waals surface area contributed by atoms with Gasteiger partial charge in [0, 0.05) is 46.1 Å². The van der Waals surface area contributed by atoms with Crippen LogP contribution in [0.1, 0.15) is 375 Å². The van der Waals surface area contributed by atoms with Crippen molar-refractivity contribution in [1.29, 1.82) is 0 Å². The van der Waals surface area contributed by atoms with Gasteiger partial charge in [-0.25, -0.2) is 0 Å². The fraction of sp³-hybridized carbons (Fsp3) is 0.509. The van der Waals surface area contributed by atoms with Gasteiger partial charge in [-0.2, -0.15) is 92.2 Å². The summed E-state index contributed by atoms with van der Waals surface area (Å²) in [6.07, 6.45) is -30.8. The molecule has 7 aromatic carbocycles. The van der Waals surface area contributed by atoms with Crippen LogP contribution in [0.25, 0.3) is 11.1 Å². The Bertz CT molecular complexity index is 5310. The first-order valence-electron chi connectivity index (χ1n) is 46.1. The Morgan fingerprint density at radius 3 is 0.839 bits per heavy atom. The molecule has 0 saturated carbocycles. The first-order chi connectivity index (χ1) is 66.6. The molecule has 0 aromatic heterocycles. The normalized spacial score (nSPS) is 13.1. The average molecular weight is 2520 g/mol. The van der Waals surface area contributed by atoms with Crippen LogP contribution < -0.4 is 22.9 Å². The SMILES string of the molecule is C=C(C)B1OC(C)(C)C(C)(C)O1.C=C(C)c1cc(C(F)(F)F)cc(C(=C)C)c1N.CC(C)(C)ON=O.CC(C)c1cc(C(F)(F)F)cc(C(C)C)c1Br.CC(C)c1cc(C(F)(F)F)cc(C(C)C)c1CC(=O)O.CC(C)c1cc(C(F)(F)F)cc(C(C)C)c1CC(=O)OC(C)(C)C.CC(C)c1cc(C(F)(F)F)cc(C(C)C)c1N.Nc1c(Br)cc(C(F)(F)F)cc1Br.Nc1ccc(C(F)(F)F)cc1Br.[CH2-]C(=O)OC(C)(C)C.[Zn+][Br]. The minimum absolute atomic E-state index is 0.0174. The Morgan fingerprint density at radius 1 is 0.389 bits per heavy atom. The van der Waals surface area contributed by atoms with E-state index in [1.54, 1.807) is 104 Å². The molecular formula is C106H140BBr5F21N5O10Zn. The summed E-state index contributed by atoms with van der Waals surface area (Å²) in [7, 11) is -0.241. The van der Waals surface area contributed by atoms with Crippen molar-refractivity contribution < 1.29 is 152 Å². The van der Waals surface area contributed by atoms with Gasteiger partial charge in [-0.05, 0) is 364 Å². The van der Waals surface area contributed by atoms with Gasteiger partial charge in [-0.15, -0.1) is 11.5 Å². The van der Waals surface area contributed by atoms with Crippen LogP contribution in [0, 0.1) is 11.8 Å². The van der Waals surface area contributed by atoms with Crippen LogP contribution in [0.3, 0.4) is 0 Å². The average Bonchev–Trinajstić information content (AvgIpc) is 1.76. The van der Waals surface area contributed by atoms with E-state index in [2.05, 4.69) is 119 Å². The number of alkyl halides is 21. The topological polar surface area (TPSA) is 251 Å². The second kappa shape index (κ2) is 59.8. The van der Waals surface area contributed by atoms with E-state index in [1.807, 2.05) is 118 Å². The molecule has 1 fully saturated rings. The number of benzene rings is 7. The minimum atomic E-state index is -4.42. The molecule has 1 saturated heterocycles. The van der Waals surface area contributed by atoms with Gasteiger partial charge in [0.2, 0.25) is 0 Å². The van der Waals surface area contributed by atoms with E-state index in [0.29, 0.717) is 89.3 Å². The molecule has 0 radical (unpaired) electrons. The van der Waals surface area contributed by atoms with Gasteiger partial charge in [-0.3, -0.25) is 21.3 Å². The van der Waals surface area contributed by atoms with E-state index < -0.39 is 117 Å². The molecule has 0 spiro atoms. The van der Waals surface area contributed by atoms with Crippen LogP contribution in [-0.2, 0) is 110 Å². The van der Waals surface area contributed by atoms with Gasteiger partial charge in [0.05, 0.1) is 68.7 Å². The first-order valence-corrected chi connectivity index (χ1v) is 56.2. The molecule has 0 amide bonds. The number of hydrogen-bond donors (Lipinski definition) is 5. The van der Waals surface area contributed by atoms with E-state index in [4.69, 9.17) is 42.1 Å². The van der Waals surface area contributed by atoms with E-state index in [1.165, 1.54) is 34.5 Å². The summed E-state index contributed by atoms with van der Waals surface area (Å²) in [6, 6.07) is 16.3. The molecule has 15 nitrogen and oxygen atoms in total. The molecule has 0 atom stereocenters. The van der Waals surface area contributed by atoms with Gasteiger partial charge in [0.15, 0.2) is 11.3 Å². The molecule has 0 aliphatic carbocycles. The molecule has 836 valence electrons. The number of carboxylic acids is 1. The van der Waals surface area contributed by atoms with Crippen LogP contribution >= 0.6 is 77.3 Å². The van der Waals surface area contributed by atoms with Crippen LogP contribution in [0.4, 0.5) is 115 Å². The number of nitrogen functional groups attached to an aromatic ring is 4. The molecule has 0 unspecified atom stereocenters. The van der Waals surface area contributed by atoms with E-state index >= 15 is 0 Å². The Morgan fingerprint density at radius 2 is 0.638 bits per heavy atom. The van der Waals surface area contributed by atoms with Crippen molar-refractivity contribution in [2.24, 2.45) is 5.34 Å². The van der Waals surface area contributed by atoms with Crippen molar-refractivity contribution in [3.8, 4) is 0 Å². The fourth-order valence-corrected chi connectivity index (χ4v) is 15.6. The van der Waals surface area contributed by atoms with Crippen molar-refractivity contribution in [3.63, 3.8) is 0 Å². The Hall–Kier alpha value is -7.82. The predicted molar refractivity (Wildman–Crippen MR) is 569 cm³/mol. The first kappa shape index (κ1) is 145. The molecule has 1 aliphatic heterocycles. The van der Waals surface area contributed by atoms with Gasteiger partial charge in [0.25, 0.3) is 0 Å². The Balaban J connectivity index is -0.00000161. The molecule has 149 heavy (non-hydrogen) atoms. The van der Waals surface area contributed by atoms with Crippen LogP contribution in [0.15, 0.2) is 139 Å². The molecule has 9 N–H and O–H groups in total. The summed E-state index contributed by atoms with van der Waals surface area (Å²) in [5.74, 6) is -2.42. The number of esters is 2. The summed E-state index contributed by atoms with van der Waals surface area (Å²) in [4.78, 5) is 47.0. The summed E-state index contributed by atoms with van der Waals surface area (Å²) in [6.45, 7) is 72.8. The van der Waals surface area contributed by atoms with Crippen molar-refractivity contribution >= 4 is 136 Å². The summed E-state index contributed by atoms with van der Waals surface area (Å²) in [5.41, 5.74) is 25.5. The molecule has 1 heterocycles. The number of aliphatic carboxylic acids is 1. The predicted octanol–water partition coefficient (Wildman–Crippen LogP) is 37.6. The molecule has 8 rings (SSSR count). The maximum atomic E-state index is 13.2. The number of hydrogen-bond acceptors (Lipinski definition) is 14. The number of allylic oxidation sites excluding steroid dienone is 3. The molecule has 43 heteroatoms. The summed E-state index contributed by atoms with van der Waals surface area (Å²) in [5, 5.41) is 11.2. The molecule has 1 aliphatic rings. The van der Waals surface area contributed by atoms with Crippen LogP contribution in [0.5, 0.6) is 0 Å². The number of carbonyl (C=O) groups is 3. The van der Waals surface area contributed by atoms with E-state index in [-0.39, 0.29) is 103 Å². The second-order valence-electron chi connectivity index (χ2n) is 40.8. The van der Waals surface area contributed by atoms with E-state index in [9.17, 15) is 111 Å². The number of carbonyl (C=O) groups excluding carboxylic acids is 2. The van der Waals surface area contributed by atoms with Crippen LogP contribution in [-0.4, -0.2) is 58.1 Å². The van der Waals surface area contributed by atoms with Crippen LogP contribution in [0.2, 0.25) is 0 Å². The van der Waals surface area contributed by atoms with Gasteiger partial charge >= 0.3 is 92.3 Å². The van der Waals surface area contributed by atoms with Gasteiger partial charge in [0.1, 0.15) is 16.8 Å². The number of ether oxygens (including phenoxy) is 2. The van der Waals surface area contributed by atoms with Crippen molar-refractivity contribution in [1.82, 2.24) is 0 Å². The standard InChI is InChI=1S/C19H27F3O2.C15H19F3O2.C13H16BrF3.C13H18F3N.C13H14F3N.C9H17BO2.C7H4Br2F3N.C7H5BrF3N.C6H11O2.C4H9NO2.BrH.Zn/c1-11(2)14-8-13(19(20,21)22)9-15(12(3)4)16(14)10-17(23)24-18(5,6)7;1-8(2)11-5-10(15(16,17)18)6-12(9(3)4)13(11)7-14(19)20;1-7(2)10-5-9(13(15,16)17)6-11(8(3)4)12(10)14;2*1-7(2)10-5-9(13(14,15)16)6-11(8(3)4)12(10)17;1-7(2)10-11-8(3,4)9(5,6)12-10;8-4-1-3(7(10,11)12)2-5(9)6(4)13;8-5-3-4(7(9,10)11)1-2-6(5)12;1-5(7)8-6(2,3)4;1-4(2,3)7-5-6;;/h8-9,11-12H,10H2,1-7H3;5-6,8-9H,7H2,1-4H3,(H,19,20);5-8H,1-4H3;5-8H,17H2,1-4H3;5-6H,1,3,17H2,2,4H3;1H2,2-6H3;1-2H,13H2;1-3H,12H2;1H2,2-4H3;1-3H3;1H;/q;;;;;;;;-1;;;+2/p-1. The molecule has 0 bridgehead atoms. The van der Waals surface area contributed by atoms with Gasteiger partial charge < -0.3 is 51.7 Å². The third-order valence-electron chi connectivity index (χ3n) is 20.9. The number of nitrogens with two attached hydrogens (primary N) is 4. The number of nitrogens with zero attached hydrogens (tertiary/aromatic N) is 1. The fourth-order valence-electron chi connectivity index (χ4n) is 12.9. The zero-order valence-electron chi connectivity index (χ0n) is 90.0. The zero-order chi connectivity index (χ0) is 119. The number of halogens is 26. The molecule has 7 aromatic rings. The van der Waals surface area contributed by atoms with Gasteiger partial charge in [-0.1, -0.05) is 145 Å². The van der Waals surface area contributed by atoms with Crippen molar-refractivity contribution in [2.45, 2.75) is 353 Å². The summed E-state index contributed by atoms with van der Waals surface area (Å²) < 4.78 is 289. The quantitative estimate of drug-likeness (QED) is 0.0115. The zero-order valence-corrected chi connectivity index (χ0v) is 101.